The van der Waals surface area contributed by atoms with Crippen molar-refractivity contribution in [2.24, 2.45) is 5.73 Å². The summed E-state index contributed by atoms with van der Waals surface area (Å²) < 4.78 is 0. The fraction of sp³-hybridized carbons (Fsp3) is 0. The van der Waals surface area contributed by atoms with Gasteiger partial charge in [-0.05, 0) is 12.1 Å². The first-order chi connectivity index (χ1) is 5.20. The van der Waals surface area contributed by atoms with Crippen LogP contribution in [0.2, 0.25) is 0 Å². The zero-order valence-electron chi connectivity index (χ0n) is 5.74. The van der Waals surface area contributed by atoms with Gasteiger partial charge in [0.15, 0.2) is 0 Å². The van der Waals surface area contributed by atoms with Gasteiger partial charge < -0.3 is 11.1 Å². The van der Waals surface area contributed by atoms with E-state index in [-0.39, 0.29) is 0 Å². The minimum absolute atomic E-state index is 0.577. The van der Waals surface area contributed by atoms with Gasteiger partial charge in [0.25, 0.3) is 0 Å². The third-order valence-corrected chi connectivity index (χ3v) is 1.55. The molecule has 0 aliphatic carbocycles. The lowest BCUT2D eigenvalue weighted by Crippen LogP contribution is -2.19. The molecular formula is C7H8N2OS. The molecule has 0 radical (unpaired) electrons. The predicted molar refractivity (Wildman–Crippen MR) is 46.9 cm³/mol. The number of urea groups is 1. The average molecular weight is 168 g/mol. The molecule has 0 bridgehead atoms. The fourth-order valence-electron chi connectivity index (χ4n) is 0.712. The van der Waals surface area contributed by atoms with E-state index < -0.39 is 6.03 Å². The molecule has 1 aromatic carbocycles. The van der Waals surface area contributed by atoms with Crippen LogP contribution in [0.5, 0.6) is 0 Å². The molecule has 1 rings (SSSR count). The molecule has 0 fully saturated rings. The van der Waals surface area contributed by atoms with E-state index in [1.54, 1.807) is 18.2 Å². The van der Waals surface area contributed by atoms with E-state index in [9.17, 15) is 4.79 Å². The summed E-state index contributed by atoms with van der Waals surface area (Å²) in [7, 11) is 0. The summed E-state index contributed by atoms with van der Waals surface area (Å²) in [5.41, 5.74) is 5.54. The van der Waals surface area contributed by atoms with Crippen molar-refractivity contribution in [2.75, 3.05) is 5.32 Å². The Bertz CT molecular complexity index is 275. The highest BCUT2D eigenvalue weighted by Crippen LogP contribution is 2.17. The minimum atomic E-state index is -0.577. The third kappa shape index (κ3) is 2.16. The maximum Gasteiger partial charge on any atom is 0.316 e. The normalized spacial score (nSPS) is 9.18. The van der Waals surface area contributed by atoms with Crippen molar-refractivity contribution in [1.29, 1.82) is 0 Å². The summed E-state index contributed by atoms with van der Waals surface area (Å²) in [6, 6.07) is 6.55. The first-order valence-corrected chi connectivity index (χ1v) is 3.49. The van der Waals surface area contributed by atoms with E-state index in [1.807, 2.05) is 6.07 Å². The van der Waals surface area contributed by atoms with E-state index in [0.717, 1.165) is 0 Å². The van der Waals surface area contributed by atoms with Crippen LogP contribution in [0.1, 0.15) is 0 Å². The van der Waals surface area contributed by atoms with Crippen LogP contribution in [0, 0.1) is 0 Å². The number of para-hydroxylation sites is 1. The van der Waals surface area contributed by atoms with Crippen LogP contribution in [-0.4, -0.2) is 6.03 Å². The third-order valence-electron chi connectivity index (χ3n) is 1.16. The largest absolute Gasteiger partial charge is 0.351 e. The van der Waals surface area contributed by atoms with Gasteiger partial charge in [-0.3, -0.25) is 0 Å². The Labute approximate surface area is 70.0 Å². The number of amides is 2. The number of hydrogen-bond donors (Lipinski definition) is 3. The van der Waals surface area contributed by atoms with Gasteiger partial charge in [-0.1, -0.05) is 12.1 Å². The highest BCUT2D eigenvalue weighted by atomic mass is 32.1. The molecule has 2 amide bonds. The summed E-state index contributed by atoms with van der Waals surface area (Å²) >= 11 is 4.10. The van der Waals surface area contributed by atoms with Crippen molar-refractivity contribution in [1.82, 2.24) is 0 Å². The summed E-state index contributed by atoms with van der Waals surface area (Å²) in [5, 5.41) is 2.44. The number of nitrogens with two attached hydrogens (primary N) is 1. The Hall–Kier alpha value is -1.16. The van der Waals surface area contributed by atoms with Crippen LogP contribution < -0.4 is 11.1 Å². The highest BCUT2D eigenvalue weighted by molar-refractivity contribution is 7.80. The number of carbonyl (C=O) groups excluding carboxylic acids is 1. The number of nitrogens with one attached hydrogen (secondary N) is 1. The summed E-state index contributed by atoms with van der Waals surface area (Å²) in [6.45, 7) is 0. The standard InChI is InChI=1S/C7H8N2OS/c8-7(10)9-5-3-1-2-4-6(5)11/h1-4,11H,(H3,8,9,10). The molecule has 3 nitrogen and oxygen atoms in total. The lowest BCUT2D eigenvalue weighted by atomic mass is 10.3. The van der Waals surface area contributed by atoms with Crippen LogP contribution in [0.3, 0.4) is 0 Å². The van der Waals surface area contributed by atoms with Gasteiger partial charge in [0.05, 0.1) is 5.69 Å². The number of thiol groups is 1. The Morgan fingerprint density at radius 2 is 2.09 bits per heavy atom. The lowest BCUT2D eigenvalue weighted by Gasteiger charge is -2.02. The molecule has 0 saturated heterocycles. The van der Waals surface area contributed by atoms with Gasteiger partial charge in [-0.2, -0.15) is 0 Å². The molecule has 0 heterocycles. The van der Waals surface area contributed by atoms with Crippen molar-refractivity contribution >= 4 is 24.3 Å². The van der Waals surface area contributed by atoms with Gasteiger partial charge >= 0.3 is 6.03 Å². The Balaban J connectivity index is 2.86. The molecule has 0 saturated carbocycles. The van der Waals surface area contributed by atoms with Gasteiger partial charge in [-0.15, -0.1) is 12.6 Å². The number of carbonyl (C=O) groups is 1. The lowest BCUT2D eigenvalue weighted by molar-refractivity contribution is 0.259. The predicted octanol–water partition coefficient (Wildman–Crippen LogP) is 1.47. The van der Waals surface area contributed by atoms with Gasteiger partial charge in [0.1, 0.15) is 0 Å². The van der Waals surface area contributed by atoms with Gasteiger partial charge in [0, 0.05) is 4.90 Å². The minimum Gasteiger partial charge on any atom is -0.351 e. The zero-order valence-corrected chi connectivity index (χ0v) is 6.64. The second-order valence-electron chi connectivity index (χ2n) is 2.01. The zero-order chi connectivity index (χ0) is 8.27. The molecule has 11 heavy (non-hydrogen) atoms. The Morgan fingerprint density at radius 1 is 1.45 bits per heavy atom. The first kappa shape index (κ1) is 7.94. The fourth-order valence-corrected chi connectivity index (χ4v) is 0.929. The molecule has 0 spiro atoms. The molecule has 0 aliphatic rings. The molecule has 58 valence electrons. The van der Waals surface area contributed by atoms with Crippen LogP contribution in [0.4, 0.5) is 10.5 Å². The number of rotatable bonds is 1. The maximum absolute atomic E-state index is 10.4. The molecule has 4 heteroatoms. The topological polar surface area (TPSA) is 55.1 Å². The summed E-state index contributed by atoms with van der Waals surface area (Å²) in [6.07, 6.45) is 0. The molecule has 0 unspecified atom stereocenters. The van der Waals surface area contributed by atoms with E-state index in [4.69, 9.17) is 5.73 Å². The Kier molecular flexibility index (Phi) is 2.38. The number of hydrogen-bond acceptors (Lipinski definition) is 2. The van der Waals surface area contributed by atoms with E-state index in [0.29, 0.717) is 10.6 Å². The van der Waals surface area contributed by atoms with Crippen molar-refractivity contribution in [3.8, 4) is 0 Å². The van der Waals surface area contributed by atoms with E-state index in [2.05, 4.69) is 17.9 Å². The smallest absolute Gasteiger partial charge is 0.316 e. The maximum atomic E-state index is 10.4. The highest BCUT2D eigenvalue weighted by Gasteiger charge is 1.97. The number of primary amides is 1. The quantitative estimate of drug-likeness (QED) is 0.546. The monoisotopic (exact) mass is 168 g/mol. The molecular weight excluding hydrogens is 160 g/mol. The van der Waals surface area contributed by atoms with Crippen molar-refractivity contribution in [3.63, 3.8) is 0 Å². The van der Waals surface area contributed by atoms with Crippen LogP contribution in [0.25, 0.3) is 0 Å². The van der Waals surface area contributed by atoms with Gasteiger partial charge in [-0.25, -0.2) is 4.79 Å². The molecule has 1 aromatic rings. The molecule has 0 atom stereocenters. The number of benzene rings is 1. The molecule has 3 N–H and O–H groups in total. The van der Waals surface area contributed by atoms with Crippen molar-refractivity contribution in [2.45, 2.75) is 4.90 Å². The van der Waals surface area contributed by atoms with Crippen molar-refractivity contribution in [3.05, 3.63) is 24.3 Å². The summed E-state index contributed by atoms with van der Waals surface area (Å²) in [5.74, 6) is 0. The van der Waals surface area contributed by atoms with Crippen LogP contribution in [-0.2, 0) is 0 Å². The average Bonchev–Trinajstić information content (AvgIpc) is 1.93. The SMILES string of the molecule is NC(=O)Nc1ccccc1S. The van der Waals surface area contributed by atoms with Crippen LogP contribution >= 0.6 is 12.6 Å². The Morgan fingerprint density at radius 3 is 2.64 bits per heavy atom. The second kappa shape index (κ2) is 3.30. The summed E-state index contributed by atoms with van der Waals surface area (Å²) in [4.78, 5) is 11.1. The first-order valence-electron chi connectivity index (χ1n) is 3.04. The second-order valence-corrected chi connectivity index (χ2v) is 2.49. The van der Waals surface area contributed by atoms with E-state index >= 15 is 0 Å². The van der Waals surface area contributed by atoms with Crippen LogP contribution in [0.15, 0.2) is 29.2 Å². The van der Waals surface area contributed by atoms with Gasteiger partial charge in [0.2, 0.25) is 0 Å². The van der Waals surface area contributed by atoms with E-state index in [1.165, 1.54) is 0 Å². The van der Waals surface area contributed by atoms with Crippen molar-refractivity contribution < 1.29 is 4.79 Å². The molecule has 0 aromatic heterocycles. The number of anilines is 1. The molecule has 0 aliphatic heterocycles.